The van der Waals surface area contributed by atoms with Crippen LogP contribution in [0.25, 0.3) is 0 Å². The van der Waals surface area contributed by atoms with Crippen molar-refractivity contribution in [1.29, 1.82) is 0 Å². The van der Waals surface area contributed by atoms with Crippen molar-refractivity contribution in [1.82, 2.24) is 0 Å². The minimum Gasteiger partial charge on any atom is -0.406 e. The number of aliphatic hydroxyl groups is 1. The smallest absolute Gasteiger partial charge is 0.193 e. The molecule has 1 N–H and O–H groups in total. The molecule has 0 aromatic rings. The van der Waals surface area contributed by atoms with Gasteiger partial charge in [0, 0.05) is 6.42 Å². The van der Waals surface area contributed by atoms with Crippen molar-refractivity contribution in [3.8, 4) is 11.8 Å². The van der Waals surface area contributed by atoms with E-state index in [-0.39, 0.29) is 11.6 Å². The monoisotopic (exact) mass is 268 g/mol. The Morgan fingerprint density at radius 3 is 2.39 bits per heavy atom. The van der Waals surface area contributed by atoms with Crippen LogP contribution in [0.3, 0.4) is 0 Å². The van der Waals surface area contributed by atoms with E-state index < -0.39 is 8.32 Å². The fourth-order valence-electron chi connectivity index (χ4n) is 1.03. The van der Waals surface area contributed by atoms with Gasteiger partial charge in [0.15, 0.2) is 8.32 Å². The van der Waals surface area contributed by atoms with Crippen LogP contribution in [0, 0.1) is 11.8 Å². The highest BCUT2D eigenvalue weighted by Gasteiger charge is 2.36. The topological polar surface area (TPSA) is 29.5 Å². The highest BCUT2D eigenvalue weighted by Crippen LogP contribution is 2.36. The second-order valence-corrected chi connectivity index (χ2v) is 11.0. The van der Waals surface area contributed by atoms with Crippen molar-refractivity contribution in [3.05, 3.63) is 11.6 Å². The van der Waals surface area contributed by atoms with E-state index in [1.54, 1.807) is 0 Å². The predicted octanol–water partition coefficient (Wildman–Crippen LogP) is 3.73. The second-order valence-electron chi connectivity index (χ2n) is 6.15. The highest BCUT2D eigenvalue weighted by atomic mass is 28.4. The highest BCUT2D eigenvalue weighted by molar-refractivity contribution is 6.74. The number of hydrogen-bond donors (Lipinski definition) is 1. The summed E-state index contributed by atoms with van der Waals surface area (Å²) in [7, 11) is -1.64. The molecule has 0 aliphatic rings. The average molecular weight is 268 g/mol. The van der Waals surface area contributed by atoms with Gasteiger partial charge in [0.05, 0.1) is 13.2 Å². The van der Waals surface area contributed by atoms with Gasteiger partial charge in [-0.1, -0.05) is 38.3 Å². The molecule has 3 heteroatoms. The summed E-state index contributed by atoms with van der Waals surface area (Å²) in [5, 5.41) is 9.07. The Labute approximate surface area is 114 Å². The molecule has 0 atom stereocenters. The van der Waals surface area contributed by atoms with E-state index in [9.17, 15) is 0 Å². The molecular formula is C15H28O2Si. The van der Waals surface area contributed by atoms with Gasteiger partial charge in [-0.05, 0) is 31.5 Å². The van der Waals surface area contributed by atoms with Crippen LogP contribution in [0.2, 0.25) is 18.1 Å². The Hall–Kier alpha value is -0.563. The minimum absolute atomic E-state index is 0.141. The number of hydrogen-bond acceptors (Lipinski definition) is 2. The summed E-state index contributed by atoms with van der Waals surface area (Å²) in [6.07, 6.45) is 3.76. The van der Waals surface area contributed by atoms with Crippen LogP contribution < -0.4 is 0 Å². The fourth-order valence-corrected chi connectivity index (χ4v) is 1.89. The van der Waals surface area contributed by atoms with Gasteiger partial charge < -0.3 is 9.53 Å². The van der Waals surface area contributed by atoms with Crippen molar-refractivity contribution in [2.45, 2.75) is 58.7 Å². The Morgan fingerprint density at radius 2 is 1.89 bits per heavy atom. The maximum atomic E-state index is 8.82. The molecule has 0 amide bonds. The summed E-state index contributed by atoms with van der Waals surface area (Å²) in [6.45, 7) is 13.8. The lowest BCUT2D eigenvalue weighted by Gasteiger charge is -2.35. The number of rotatable bonds is 5. The maximum Gasteiger partial charge on any atom is 0.193 e. The Kier molecular flexibility index (Phi) is 7.54. The third-order valence-corrected chi connectivity index (χ3v) is 7.93. The van der Waals surface area contributed by atoms with Crippen LogP contribution in [0.5, 0.6) is 0 Å². The molecule has 18 heavy (non-hydrogen) atoms. The SMILES string of the molecule is C/C(=C\CCC#CCO[Si](C)(C)C(C)(C)C)CO. The van der Waals surface area contributed by atoms with Gasteiger partial charge in [0.2, 0.25) is 0 Å². The zero-order chi connectivity index (χ0) is 14.2. The number of aliphatic hydroxyl groups excluding tert-OH is 1. The van der Waals surface area contributed by atoms with Gasteiger partial charge in [-0.25, -0.2) is 0 Å². The molecule has 0 aromatic heterocycles. The fraction of sp³-hybridized carbons (Fsp3) is 0.733. The van der Waals surface area contributed by atoms with Crippen LogP contribution in [0.15, 0.2) is 11.6 Å². The third-order valence-electron chi connectivity index (χ3n) is 3.45. The molecule has 0 saturated heterocycles. The van der Waals surface area contributed by atoms with Crippen LogP contribution in [-0.4, -0.2) is 26.6 Å². The lowest BCUT2D eigenvalue weighted by molar-refractivity contribution is 0.331. The van der Waals surface area contributed by atoms with Gasteiger partial charge in [-0.2, -0.15) is 0 Å². The van der Waals surface area contributed by atoms with E-state index in [2.05, 4.69) is 45.7 Å². The van der Waals surface area contributed by atoms with Crippen molar-refractivity contribution in [3.63, 3.8) is 0 Å². The standard InChI is InChI=1S/C15H28O2Si/c1-14(13-16)11-9-7-8-10-12-17-18(5,6)15(2,3)4/h11,16H,7,9,12-13H2,1-6H3/b14-11+. The van der Waals surface area contributed by atoms with Gasteiger partial charge in [0.1, 0.15) is 0 Å². The van der Waals surface area contributed by atoms with E-state index in [0.717, 1.165) is 18.4 Å². The zero-order valence-electron chi connectivity index (χ0n) is 12.8. The summed E-state index contributed by atoms with van der Waals surface area (Å²) in [5.41, 5.74) is 1.01. The number of unbranched alkanes of at least 4 members (excludes halogenated alkanes) is 1. The minimum atomic E-state index is -1.64. The van der Waals surface area contributed by atoms with Gasteiger partial charge in [-0.15, -0.1) is 5.92 Å². The largest absolute Gasteiger partial charge is 0.406 e. The van der Waals surface area contributed by atoms with Gasteiger partial charge >= 0.3 is 0 Å². The molecule has 0 saturated carbocycles. The normalized spacial score (nSPS) is 13.2. The summed E-state index contributed by atoms with van der Waals surface area (Å²) < 4.78 is 5.95. The summed E-state index contributed by atoms with van der Waals surface area (Å²) in [5.74, 6) is 6.19. The quantitative estimate of drug-likeness (QED) is 0.356. The average Bonchev–Trinajstić information content (AvgIpc) is 2.25. The summed E-state index contributed by atoms with van der Waals surface area (Å²) in [4.78, 5) is 0. The first-order valence-corrected chi connectivity index (χ1v) is 9.47. The molecule has 0 bridgehead atoms. The molecule has 0 radical (unpaired) electrons. The first-order valence-electron chi connectivity index (χ1n) is 6.57. The second kappa shape index (κ2) is 7.78. The predicted molar refractivity (Wildman–Crippen MR) is 81.0 cm³/mol. The van der Waals surface area contributed by atoms with E-state index in [1.165, 1.54) is 0 Å². The molecule has 0 spiro atoms. The number of allylic oxidation sites excluding steroid dienone is 1. The molecule has 0 aromatic carbocycles. The molecule has 0 aliphatic carbocycles. The Balaban J connectivity index is 3.94. The Bertz CT molecular complexity index is 327. The first kappa shape index (κ1) is 17.4. The van der Waals surface area contributed by atoms with Crippen LogP contribution in [0.4, 0.5) is 0 Å². The third kappa shape index (κ3) is 7.00. The van der Waals surface area contributed by atoms with E-state index in [1.807, 2.05) is 13.0 Å². The summed E-state index contributed by atoms with van der Waals surface area (Å²) in [6, 6.07) is 0. The van der Waals surface area contributed by atoms with Crippen molar-refractivity contribution in [2.24, 2.45) is 0 Å². The van der Waals surface area contributed by atoms with Crippen molar-refractivity contribution >= 4 is 8.32 Å². The maximum absolute atomic E-state index is 8.82. The van der Waals surface area contributed by atoms with E-state index in [4.69, 9.17) is 9.53 Å². The molecule has 0 fully saturated rings. The molecule has 0 aliphatic heterocycles. The van der Waals surface area contributed by atoms with E-state index in [0.29, 0.717) is 6.61 Å². The van der Waals surface area contributed by atoms with Gasteiger partial charge in [0.25, 0.3) is 0 Å². The Morgan fingerprint density at radius 1 is 1.28 bits per heavy atom. The van der Waals surface area contributed by atoms with Crippen LogP contribution >= 0.6 is 0 Å². The van der Waals surface area contributed by atoms with Crippen LogP contribution in [0.1, 0.15) is 40.5 Å². The molecule has 0 unspecified atom stereocenters. The van der Waals surface area contributed by atoms with Crippen molar-refractivity contribution < 1.29 is 9.53 Å². The lowest BCUT2D eigenvalue weighted by atomic mass is 10.2. The molecule has 0 heterocycles. The van der Waals surface area contributed by atoms with Gasteiger partial charge in [-0.3, -0.25) is 0 Å². The lowest BCUT2D eigenvalue weighted by Crippen LogP contribution is -2.40. The van der Waals surface area contributed by atoms with Crippen molar-refractivity contribution in [2.75, 3.05) is 13.2 Å². The van der Waals surface area contributed by atoms with Crippen LogP contribution in [-0.2, 0) is 4.43 Å². The molecule has 0 rings (SSSR count). The molecular weight excluding hydrogens is 240 g/mol. The molecule has 2 nitrogen and oxygen atoms in total. The molecule has 104 valence electrons. The summed E-state index contributed by atoms with van der Waals surface area (Å²) >= 11 is 0. The van der Waals surface area contributed by atoms with E-state index >= 15 is 0 Å². The zero-order valence-corrected chi connectivity index (χ0v) is 13.8. The first-order chi connectivity index (χ1) is 8.20.